The summed E-state index contributed by atoms with van der Waals surface area (Å²) in [5.74, 6) is 3.64. The summed E-state index contributed by atoms with van der Waals surface area (Å²) < 4.78 is 5.92. The maximum atomic E-state index is 5.92. The summed E-state index contributed by atoms with van der Waals surface area (Å²) in [5.41, 5.74) is 2.33. The molecule has 1 aromatic carbocycles. The van der Waals surface area contributed by atoms with Gasteiger partial charge in [0.1, 0.15) is 5.75 Å². The Morgan fingerprint density at radius 3 is 1.91 bits per heavy atom. The van der Waals surface area contributed by atoms with Crippen LogP contribution in [0.2, 0.25) is 0 Å². The molecule has 2 aromatic rings. The second-order valence-corrected chi connectivity index (χ2v) is 10.8. The topological polar surface area (TPSA) is 35.0 Å². The maximum absolute atomic E-state index is 5.92. The first-order chi connectivity index (χ1) is 17.3. The molecule has 1 fully saturated rings. The molecule has 0 unspecified atom stereocenters. The van der Waals surface area contributed by atoms with E-state index < -0.39 is 0 Å². The molecule has 1 heterocycles. The van der Waals surface area contributed by atoms with Gasteiger partial charge in [0.05, 0.1) is 6.61 Å². The largest absolute Gasteiger partial charge is 0.494 e. The predicted octanol–water partition coefficient (Wildman–Crippen LogP) is 9.59. The molecule has 35 heavy (non-hydrogen) atoms. The van der Waals surface area contributed by atoms with Crippen LogP contribution in [0.1, 0.15) is 122 Å². The molecule has 3 rings (SSSR count). The van der Waals surface area contributed by atoms with Crippen molar-refractivity contribution in [3.63, 3.8) is 0 Å². The van der Waals surface area contributed by atoms with Gasteiger partial charge in [0.15, 0.2) is 5.82 Å². The van der Waals surface area contributed by atoms with Crippen molar-refractivity contribution in [2.45, 2.75) is 123 Å². The van der Waals surface area contributed by atoms with Crippen LogP contribution in [0.25, 0.3) is 11.4 Å². The van der Waals surface area contributed by atoms with E-state index in [2.05, 4.69) is 35.9 Å². The summed E-state index contributed by atoms with van der Waals surface area (Å²) in [6.45, 7) is 5.37. The fraction of sp³-hybridized carbons (Fsp3) is 0.688. The Morgan fingerprint density at radius 1 is 0.686 bits per heavy atom. The van der Waals surface area contributed by atoms with Crippen molar-refractivity contribution in [1.82, 2.24) is 9.97 Å². The predicted molar refractivity (Wildman–Crippen MR) is 149 cm³/mol. The number of unbranched alkanes of at least 4 members (excludes halogenated alkanes) is 8. The van der Waals surface area contributed by atoms with Gasteiger partial charge in [-0.1, -0.05) is 104 Å². The fourth-order valence-electron chi connectivity index (χ4n) is 5.45. The van der Waals surface area contributed by atoms with Crippen LogP contribution in [0.3, 0.4) is 0 Å². The third-order valence-electron chi connectivity index (χ3n) is 7.86. The quantitative estimate of drug-likeness (QED) is 0.212. The molecule has 3 nitrogen and oxygen atoms in total. The van der Waals surface area contributed by atoms with Crippen LogP contribution in [0, 0.1) is 11.8 Å². The highest BCUT2D eigenvalue weighted by Crippen LogP contribution is 2.34. The molecule has 1 aliphatic carbocycles. The number of hydrogen-bond donors (Lipinski definition) is 0. The number of rotatable bonds is 17. The second kappa shape index (κ2) is 16.7. The minimum Gasteiger partial charge on any atom is -0.494 e. The first kappa shape index (κ1) is 27.7. The molecule has 0 radical (unpaired) electrons. The molecule has 0 aliphatic heterocycles. The van der Waals surface area contributed by atoms with Gasteiger partial charge in [0.25, 0.3) is 0 Å². The molecular formula is C32H50N2O. The van der Waals surface area contributed by atoms with Gasteiger partial charge >= 0.3 is 0 Å². The normalized spacial score (nSPS) is 18.0. The van der Waals surface area contributed by atoms with Crippen molar-refractivity contribution in [3.8, 4) is 17.1 Å². The van der Waals surface area contributed by atoms with E-state index in [0.29, 0.717) is 0 Å². The van der Waals surface area contributed by atoms with Gasteiger partial charge in [0.2, 0.25) is 0 Å². The van der Waals surface area contributed by atoms with Crippen molar-refractivity contribution >= 4 is 0 Å². The van der Waals surface area contributed by atoms with Gasteiger partial charge in [-0.15, -0.1) is 0 Å². The fourth-order valence-corrected chi connectivity index (χ4v) is 5.45. The Bertz CT molecular complexity index is 778. The lowest BCUT2D eigenvalue weighted by Crippen LogP contribution is -2.15. The maximum Gasteiger partial charge on any atom is 0.159 e. The van der Waals surface area contributed by atoms with Gasteiger partial charge in [-0.3, -0.25) is 0 Å². The van der Waals surface area contributed by atoms with E-state index in [9.17, 15) is 0 Å². The molecule has 0 atom stereocenters. The van der Waals surface area contributed by atoms with Gasteiger partial charge < -0.3 is 4.74 Å². The Kier molecular flexibility index (Phi) is 13.2. The lowest BCUT2D eigenvalue weighted by molar-refractivity contribution is 0.249. The summed E-state index contributed by atoms with van der Waals surface area (Å²) >= 11 is 0. The number of nitrogens with zero attached hydrogens (tertiary/aromatic N) is 2. The van der Waals surface area contributed by atoms with Crippen LogP contribution >= 0.6 is 0 Å². The number of aryl methyl sites for hydroxylation is 1. The molecule has 0 bridgehead atoms. The van der Waals surface area contributed by atoms with Crippen LogP contribution in [-0.4, -0.2) is 16.6 Å². The molecule has 1 aliphatic rings. The zero-order valence-electron chi connectivity index (χ0n) is 22.6. The SMILES string of the molecule is CCCCCCCCCOc1ccc(-c2ncc(CCC3CCC(CCCCC)CC3)cn2)cc1. The summed E-state index contributed by atoms with van der Waals surface area (Å²) in [6.07, 6.45) is 27.0. The Labute approximate surface area is 215 Å². The molecule has 1 aromatic heterocycles. The van der Waals surface area contributed by atoms with Gasteiger partial charge in [-0.25, -0.2) is 9.97 Å². The van der Waals surface area contributed by atoms with Crippen molar-refractivity contribution < 1.29 is 4.74 Å². The number of aromatic nitrogens is 2. The van der Waals surface area contributed by atoms with E-state index in [1.807, 2.05) is 24.5 Å². The summed E-state index contributed by atoms with van der Waals surface area (Å²) in [6, 6.07) is 8.25. The summed E-state index contributed by atoms with van der Waals surface area (Å²) in [5, 5.41) is 0. The smallest absolute Gasteiger partial charge is 0.159 e. The van der Waals surface area contributed by atoms with Crippen LogP contribution in [0.15, 0.2) is 36.7 Å². The van der Waals surface area contributed by atoms with Gasteiger partial charge in [-0.2, -0.15) is 0 Å². The van der Waals surface area contributed by atoms with Crippen LogP contribution < -0.4 is 4.74 Å². The lowest BCUT2D eigenvalue weighted by atomic mass is 9.78. The van der Waals surface area contributed by atoms with E-state index in [0.717, 1.165) is 48.4 Å². The first-order valence-corrected chi connectivity index (χ1v) is 14.8. The minimum absolute atomic E-state index is 0.804. The van der Waals surface area contributed by atoms with E-state index >= 15 is 0 Å². The van der Waals surface area contributed by atoms with Gasteiger partial charge in [0, 0.05) is 18.0 Å². The molecule has 0 amide bonds. The lowest BCUT2D eigenvalue weighted by Gasteiger charge is -2.28. The second-order valence-electron chi connectivity index (χ2n) is 10.8. The number of hydrogen-bond acceptors (Lipinski definition) is 3. The monoisotopic (exact) mass is 478 g/mol. The van der Waals surface area contributed by atoms with Crippen LogP contribution in [0.5, 0.6) is 5.75 Å². The van der Waals surface area contributed by atoms with Crippen LogP contribution in [-0.2, 0) is 6.42 Å². The van der Waals surface area contributed by atoms with E-state index in [1.54, 1.807) is 0 Å². The highest BCUT2D eigenvalue weighted by Gasteiger charge is 2.20. The third-order valence-corrected chi connectivity index (χ3v) is 7.86. The molecule has 0 N–H and O–H groups in total. The third kappa shape index (κ3) is 10.7. The van der Waals surface area contributed by atoms with Crippen molar-refractivity contribution in [2.24, 2.45) is 11.8 Å². The zero-order valence-corrected chi connectivity index (χ0v) is 22.6. The van der Waals surface area contributed by atoms with Crippen LogP contribution in [0.4, 0.5) is 0 Å². The highest BCUT2D eigenvalue weighted by molar-refractivity contribution is 5.55. The van der Waals surface area contributed by atoms with Crippen molar-refractivity contribution in [3.05, 3.63) is 42.2 Å². The highest BCUT2D eigenvalue weighted by atomic mass is 16.5. The van der Waals surface area contributed by atoms with E-state index in [4.69, 9.17) is 4.74 Å². The van der Waals surface area contributed by atoms with Crippen molar-refractivity contribution in [2.75, 3.05) is 6.61 Å². The van der Waals surface area contributed by atoms with E-state index in [1.165, 1.54) is 102 Å². The number of ether oxygens (including phenoxy) is 1. The average molecular weight is 479 g/mol. The van der Waals surface area contributed by atoms with Crippen molar-refractivity contribution in [1.29, 1.82) is 0 Å². The summed E-state index contributed by atoms with van der Waals surface area (Å²) in [4.78, 5) is 9.32. The molecule has 1 saturated carbocycles. The molecule has 3 heteroatoms. The van der Waals surface area contributed by atoms with Gasteiger partial charge in [-0.05, 0) is 60.9 Å². The standard InChI is InChI=1S/C32H50N2O/c1-3-5-7-8-9-10-12-24-35-31-22-20-30(21-23-31)32-33-25-29(26-34-32)19-18-28-16-14-27(15-17-28)13-11-6-4-2/h20-23,25-28H,3-19,24H2,1-2H3. The minimum atomic E-state index is 0.804. The number of benzene rings is 1. The zero-order chi connectivity index (χ0) is 24.6. The van der Waals surface area contributed by atoms with E-state index in [-0.39, 0.29) is 0 Å². The molecular weight excluding hydrogens is 428 g/mol. The summed E-state index contributed by atoms with van der Waals surface area (Å²) in [7, 11) is 0. The first-order valence-electron chi connectivity index (χ1n) is 14.8. The Morgan fingerprint density at radius 2 is 1.26 bits per heavy atom. The molecule has 194 valence electrons. The molecule has 0 saturated heterocycles. The Balaban J connectivity index is 1.32. The Hall–Kier alpha value is -1.90. The molecule has 0 spiro atoms. The average Bonchev–Trinajstić information content (AvgIpc) is 2.90.